The summed E-state index contributed by atoms with van der Waals surface area (Å²) in [4.78, 5) is 32.4. The molecule has 0 saturated heterocycles. The second-order valence-corrected chi connectivity index (χ2v) is 5.50. The lowest BCUT2D eigenvalue weighted by Gasteiger charge is -2.12. The van der Waals surface area contributed by atoms with Gasteiger partial charge in [-0.15, -0.1) is 5.10 Å². The van der Waals surface area contributed by atoms with Crippen molar-refractivity contribution >= 4 is 23.3 Å². The number of aromatic nitrogens is 4. The first-order chi connectivity index (χ1) is 12.5. The highest BCUT2D eigenvalue weighted by Crippen LogP contribution is 2.15. The molecular weight excluding hydrogens is 338 g/mol. The van der Waals surface area contributed by atoms with Crippen LogP contribution in [0.5, 0.6) is 5.75 Å². The van der Waals surface area contributed by atoms with Gasteiger partial charge in [-0.3, -0.25) is 4.79 Å². The van der Waals surface area contributed by atoms with Crippen molar-refractivity contribution in [2.45, 2.75) is 20.0 Å². The number of aryl methyl sites for hydroxylation is 1. The van der Waals surface area contributed by atoms with Crippen molar-refractivity contribution in [1.29, 1.82) is 0 Å². The molecule has 0 aliphatic heterocycles. The van der Waals surface area contributed by atoms with Crippen LogP contribution in [0.25, 0.3) is 5.78 Å². The van der Waals surface area contributed by atoms with E-state index in [1.165, 1.54) is 11.4 Å². The number of nitrogens with one attached hydrogen (secondary N) is 1. The molecule has 1 amide bonds. The minimum atomic E-state index is -1.02. The Balaban J connectivity index is 1.65. The van der Waals surface area contributed by atoms with Crippen LogP contribution < -0.4 is 10.1 Å². The lowest BCUT2D eigenvalue weighted by atomic mass is 10.3. The third-order valence-corrected chi connectivity index (χ3v) is 3.62. The van der Waals surface area contributed by atoms with Crippen LogP contribution in [0.1, 0.15) is 23.2 Å². The molecule has 134 valence electrons. The fourth-order valence-electron chi connectivity index (χ4n) is 2.18. The zero-order chi connectivity index (χ0) is 18.7. The zero-order valence-corrected chi connectivity index (χ0v) is 14.5. The molecule has 0 fully saturated rings. The van der Waals surface area contributed by atoms with E-state index >= 15 is 0 Å². The lowest BCUT2D eigenvalue weighted by Crippen LogP contribution is -2.30. The minimum Gasteiger partial charge on any atom is -0.497 e. The summed E-state index contributed by atoms with van der Waals surface area (Å²) >= 11 is 0. The van der Waals surface area contributed by atoms with Gasteiger partial charge in [0.05, 0.1) is 7.11 Å². The molecule has 0 spiro atoms. The van der Waals surface area contributed by atoms with Gasteiger partial charge in [-0.1, -0.05) is 0 Å². The van der Waals surface area contributed by atoms with E-state index in [4.69, 9.17) is 9.47 Å². The molecule has 26 heavy (non-hydrogen) atoms. The maximum atomic E-state index is 12.2. The van der Waals surface area contributed by atoms with Gasteiger partial charge in [0.25, 0.3) is 17.5 Å². The van der Waals surface area contributed by atoms with Crippen LogP contribution in [-0.4, -0.2) is 44.7 Å². The summed E-state index contributed by atoms with van der Waals surface area (Å²) in [5.74, 6) is -0.471. The topological polar surface area (TPSA) is 108 Å². The monoisotopic (exact) mass is 355 g/mol. The molecule has 0 saturated carbocycles. The third-order valence-electron chi connectivity index (χ3n) is 3.62. The van der Waals surface area contributed by atoms with Crippen molar-refractivity contribution in [3.05, 3.63) is 48.0 Å². The van der Waals surface area contributed by atoms with E-state index in [-0.39, 0.29) is 11.6 Å². The highest BCUT2D eigenvalue weighted by molar-refractivity contribution is 5.96. The number of amides is 1. The standard InChI is InChI=1S/C17H17N5O4/c1-10-8-9-18-17-20-14(21-22(10)17)16(24)26-11(2)15(23)19-12-4-6-13(25-3)7-5-12/h4-9,11H,1-3H3,(H,19,23). The van der Waals surface area contributed by atoms with Crippen LogP contribution >= 0.6 is 0 Å². The number of rotatable bonds is 5. The summed E-state index contributed by atoms with van der Waals surface area (Å²) in [5.41, 5.74) is 1.33. The van der Waals surface area contributed by atoms with E-state index in [2.05, 4.69) is 20.4 Å². The molecule has 2 heterocycles. The van der Waals surface area contributed by atoms with Crippen LogP contribution in [0.2, 0.25) is 0 Å². The van der Waals surface area contributed by atoms with Crippen LogP contribution in [0.4, 0.5) is 5.69 Å². The zero-order valence-electron chi connectivity index (χ0n) is 14.5. The van der Waals surface area contributed by atoms with Crippen molar-refractivity contribution in [2.24, 2.45) is 0 Å². The van der Waals surface area contributed by atoms with Crippen LogP contribution in [-0.2, 0) is 9.53 Å². The molecule has 1 N–H and O–H groups in total. The summed E-state index contributed by atoms with van der Waals surface area (Å²) in [7, 11) is 1.56. The number of methoxy groups -OCH3 is 1. The molecule has 1 aromatic carbocycles. The molecule has 9 heteroatoms. The number of esters is 1. The number of carbonyl (C=O) groups excluding carboxylic acids is 2. The highest BCUT2D eigenvalue weighted by atomic mass is 16.5. The van der Waals surface area contributed by atoms with Crippen LogP contribution in [0.15, 0.2) is 36.5 Å². The average molecular weight is 355 g/mol. The van der Waals surface area contributed by atoms with Crippen LogP contribution in [0, 0.1) is 6.92 Å². The Labute approximate surface area is 149 Å². The lowest BCUT2D eigenvalue weighted by molar-refractivity contribution is -0.123. The summed E-state index contributed by atoms with van der Waals surface area (Å²) < 4.78 is 11.6. The average Bonchev–Trinajstić information content (AvgIpc) is 3.08. The number of benzene rings is 1. The Morgan fingerprint density at radius 1 is 1.19 bits per heavy atom. The maximum Gasteiger partial charge on any atom is 0.379 e. The summed E-state index contributed by atoms with van der Waals surface area (Å²) in [6.45, 7) is 3.28. The van der Waals surface area contributed by atoms with E-state index < -0.39 is 18.0 Å². The van der Waals surface area contributed by atoms with E-state index in [0.29, 0.717) is 11.4 Å². The van der Waals surface area contributed by atoms with Crippen molar-refractivity contribution in [3.63, 3.8) is 0 Å². The summed E-state index contributed by atoms with van der Waals surface area (Å²) in [6, 6.07) is 8.53. The Morgan fingerprint density at radius 3 is 2.58 bits per heavy atom. The number of fused-ring (bicyclic) bond motifs is 1. The van der Waals surface area contributed by atoms with Crippen molar-refractivity contribution in [2.75, 3.05) is 12.4 Å². The Kier molecular flexibility index (Phi) is 4.78. The predicted octanol–water partition coefficient (Wildman–Crippen LogP) is 1.63. The van der Waals surface area contributed by atoms with Gasteiger partial charge in [-0.2, -0.15) is 4.98 Å². The molecular formula is C17H17N5O4. The quantitative estimate of drug-likeness (QED) is 0.693. The summed E-state index contributed by atoms with van der Waals surface area (Å²) in [5, 5.41) is 6.71. The van der Waals surface area contributed by atoms with Crippen molar-refractivity contribution in [1.82, 2.24) is 19.6 Å². The van der Waals surface area contributed by atoms with Gasteiger partial charge in [0.1, 0.15) is 5.75 Å². The van der Waals surface area contributed by atoms with E-state index in [0.717, 1.165) is 5.69 Å². The minimum absolute atomic E-state index is 0.157. The molecule has 0 radical (unpaired) electrons. The molecule has 9 nitrogen and oxygen atoms in total. The molecule has 1 atom stereocenters. The van der Waals surface area contributed by atoms with Crippen molar-refractivity contribution < 1.29 is 19.1 Å². The Morgan fingerprint density at radius 2 is 1.92 bits per heavy atom. The van der Waals surface area contributed by atoms with E-state index in [1.807, 2.05) is 6.92 Å². The molecule has 2 aromatic heterocycles. The fourth-order valence-corrected chi connectivity index (χ4v) is 2.18. The third kappa shape index (κ3) is 3.61. The molecule has 0 aliphatic carbocycles. The maximum absolute atomic E-state index is 12.2. The SMILES string of the molecule is COc1ccc(NC(=O)C(C)OC(=O)c2nc3nccc(C)n3n2)cc1. The van der Waals surface area contributed by atoms with Gasteiger partial charge < -0.3 is 14.8 Å². The van der Waals surface area contributed by atoms with Gasteiger partial charge in [0.2, 0.25) is 0 Å². The number of carbonyl (C=O) groups is 2. The molecule has 3 rings (SSSR count). The second-order valence-electron chi connectivity index (χ2n) is 5.50. The first-order valence-electron chi connectivity index (χ1n) is 7.82. The number of anilines is 1. The van der Waals surface area contributed by atoms with Gasteiger partial charge in [0, 0.05) is 17.6 Å². The molecule has 0 bridgehead atoms. The normalized spacial score (nSPS) is 11.8. The van der Waals surface area contributed by atoms with E-state index in [9.17, 15) is 9.59 Å². The van der Waals surface area contributed by atoms with Crippen molar-refractivity contribution in [3.8, 4) is 5.75 Å². The molecule has 0 aliphatic rings. The number of ether oxygens (including phenoxy) is 2. The number of nitrogens with zero attached hydrogens (tertiary/aromatic N) is 4. The van der Waals surface area contributed by atoms with Gasteiger partial charge in [-0.05, 0) is 44.2 Å². The highest BCUT2D eigenvalue weighted by Gasteiger charge is 2.22. The van der Waals surface area contributed by atoms with Crippen LogP contribution in [0.3, 0.4) is 0 Å². The van der Waals surface area contributed by atoms with E-state index in [1.54, 1.807) is 43.6 Å². The van der Waals surface area contributed by atoms with Gasteiger partial charge in [0.15, 0.2) is 6.10 Å². The number of hydrogen-bond donors (Lipinski definition) is 1. The Bertz CT molecular complexity index is 951. The molecule has 3 aromatic rings. The Hall–Kier alpha value is -3.49. The van der Waals surface area contributed by atoms with Gasteiger partial charge >= 0.3 is 5.97 Å². The first-order valence-corrected chi connectivity index (χ1v) is 7.82. The van der Waals surface area contributed by atoms with Gasteiger partial charge in [-0.25, -0.2) is 14.3 Å². The molecule has 1 unspecified atom stereocenters. The summed E-state index contributed by atoms with van der Waals surface area (Å²) in [6.07, 6.45) is 0.546. The second kappa shape index (κ2) is 7.18. The fraction of sp³-hybridized carbons (Fsp3) is 0.235. The predicted molar refractivity (Wildman–Crippen MR) is 92.0 cm³/mol. The largest absolute Gasteiger partial charge is 0.497 e. The first kappa shape index (κ1) is 17.3. The smallest absolute Gasteiger partial charge is 0.379 e. The number of hydrogen-bond acceptors (Lipinski definition) is 7.